The monoisotopic (exact) mass is 750 g/mol. The SMILES string of the molecule is CCc1ccc(C(=O)Cc2ccc(C(C)(C)c3ccc(C(C)(C)c4ccc(NC(=O)c5ccc(CCCCCCCC[N+](C)(C)C)cc5)cc4)cc3)cc2)cc1. The predicted molar refractivity (Wildman–Crippen MR) is 236 cm³/mol. The molecule has 0 aliphatic heterocycles. The summed E-state index contributed by atoms with van der Waals surface area (Å²) in [7, 11) is 6.79. The van der Waals surface area contributed by atoms with Crippen molar-refractivity contribution in [3.8, 4) is 0 Å². The fourth-order valence-corrected chi connectivity index (χ4v) is 7.51. The number of nitrogens with zero attached hydrogens (tertiary/aromatic N) is 1. The van der Waals surface area contributed by atoms with Crippen LogP contribution in [0.3, 0.4) is 0 Å². The van der Waals surface area contributed by atoms with Gasteiger partial charge in [-0.1, -0.05) is 151 Å². The molecular weight excluding hydrogens is 685 g/mol. The van der Waals surface area contributed by atoms with Crippen molar-refractivity contribution in [2.45, 2.75) is 103 Å². The van der Waals surface area contributed by atoms with E-state index in [0.717, 1.165) is 34.1 Å². The highest BCUT2D eigenvalue weighted by Gasteiger charge is 2.27. The summed E-state index contributed by atoms with van der Waals surface area (Å²) in [4.78, 5) is 26.0. The van der Waals surface area contributed by atoms with Crippen LogP contribution in [-0.4, -0.2) is 43.9 Å². The second kappa shape index (κ2) is 18.9. The standard InChI is InChI=1S/C52H64N2O2/c1-9-39-17-23-42(24-18-39)49(55)38-41-21-27-44(28-22-41)51(2,3)45-29-31-46(32-30-45)52(4,5)47-33-35-48(36-34-47)53-50(56)43-25-19-40(20-26-43)16-14-12-10-11-13-15-37-54(6,7)8/h17-36H,9-16,37-38H2,1-8H3/p+1. The maximum atomic E-state index is 13.1. The highest BCUT2D eigenvalue weighted by molar-refractivity contribution is 6.04. The Morgan fingerprint density at radius 2 is 0.911 bits per heavy atom. The first-order valence-corrected chi connectivity index (χ1v) is 20.8. The predicted octanol–water partition coefficient (Wildman–Crippen LogP) is 12.2. The average Bonchev–Trinajstić information content (AvgIpc) is 3.19. The number of hydrogen-bond acceptors (Lipinski definition) is 2. The number of quaternary nitrogens is 1. The number of ketones is 1. The Kier molecular flexibility index (Phi) is 14.3. The first kappa shape index (κ1) is 42.3. The summed E-state index contributed by atoms with van der Waals surface area (Å²) in [5, 5.41) is 3.09. The molecule has 0 spiro atoms. The fourth-order valence-electron chi connectivity index (χ4n) is 7.51. The van der Waals surface area contributed by atoms with Crippen molar-refractivity contribution in [3.63, 3.8) is 0 Å². The molecule has 4 heteroatoms. The van der Waals surface area contributed by atoms with Gasteiger partial charge >= 0.3 is 0 Å². The number of hydrogen-bond donors (Lipinski definition) is 1. The molecule has 5 rings (SSSR count). The molecule has 5 aromatic rings. The minimum absolute atomic E-state index is 0.0867. The second-order valence-electron chi connectivity index (χ2n) is 17.8. The molecule has 0 radical (unpaired) electrons. The number of Topliss-reactive ketones (excluding diaryl/α,β-unsaturated/α-hetero) is 1. The van der Waals surface area contributed by atoms with Crippen LogP contribution < -0.4 is 5.32 Å². The summed E-state index contributed by atoms with van der Waals surface area (Å²) in [5.74, 6) is 0.0582. The number of aryl methyl sites for hydroxylation is 2. The average molecular weight is 750 g/mol. The van der Waals surface area contributed by atoms with Crippen LogP contribution in [0.5, 0.6) is 0 Å². The third-order valence-corrected chi connectivity index (χ3v) is 11.7. The van der Waals surface area contributed by atoms with Crippen molar-refractivity contribution < 1.29 is 14.1 Å². The molecule has 0 atom stereocenters. The van der Waals surface area contributed by atoms with Crippen molar-refractivity contribution in [1.82, 2.24) is 0 Å². The molecule has 5 aromatic carbocycles. The molecule has 4 nitrogen and oxygen atoms in total. The minimum Gasteiger partial charge on any atom is -0.331 e. The van der Waals surface area contributed by atoms with Crippen LogP contribution in [0, 0.1) is 0 Å². The quantitative estimate of drug-likeness (QED) is 0.0519. The molecule has 1 N–H and O–H groups in total. The van der Waals surface area contributed by atoms with Crippen molar-refractivity contribution >= 4 is 17.4 Å². The molecule has 0 fully saturated rings. The van der Waals surface area contributed by atoms with Crippen LogP contribution in [-0.2, 0) is 30.1 Å². The summed E-state index contributed by atoms with van der Waals surface area (Å²) < 4.78 is 1.05. The van der Waals surface area contributed by atoms with E-state index in [1.165, 1.54) is 78.5 Å². The highest BCUT2D eigenvalue weighted by Crippen LogP contribution is 2.36. The van der Waals surface area contributed by atoms with Crippen molar-refractivity contribution in [1.29, 1.82) is 0 Å². The van der Waals surface area contributed by atoms with Crippen LogP contribution in [0.1, 0.15) is 133 Å². The summed E-state index contributed by atoms with van der Waals surface area (Å²) in [6.07, 6.45) is 10.1. The number of unbranched alkanes of at least 4 members (excludes halogenated alkanes) is 5. The smallest absolute Gasteiger partial charge is 0.255 e. The Morgan fingerprint density at radius 1 is 0.500 bits per heavy atom. The summed E-state index contributed by atoms with van der Waals surface area (Å²) >= 11 is 0. The van der Waals surface area contributed by atoms with Crippen LogP contribution >= 0.6 is 0 Å². The lowest BCUT2D eigenvalue weighted by Crippen LogP contribution is -2.35. The van der Waals surface area contributed by atoms with Gasteiger partial charge in [0, 0.05) is 34.1 Å². The van der Waals surface area contributed by atoms with E-state index >= 15 is 0 Å². The lowest BCUT2D eigenvalue weighted by Gasteiger charge is -2.30. The van der Waals surface area contributed by atoms with Gasteiger partial charge in [0.15, 0.2) is 5.78 Å². The van der Waals surface area contributed by atoms with Gasteiger partial charge in [-0.05, 0) is 95.3 Å². The topological polar surface area (TPSA) is 46.2 Å². The van der Waals surface area contributed by atoms with Crippen LogP contribution in [0.25, 0.3) is 0 Å². The number of benzene rings is 5. The van der Waals surface area contributed by atoms with Gasteiger partial charge in [-0.25, -0.2) is 0 Å². The van der Waals surface area contributed by atoms with Crippen LogP contribution in [0.4, 0.5) is 5.69 Å². The zero-order valence-electron chi connectivity index (χ0n) is 35.4. The first-order valence-electron chi connectivity index (χ1n) is 20.8. The Hall–Kier alpha value is -4.80. The Balaban J connectivity index is 1.11. The Morgan fingerprint density at radius 3 is 1.41 bits per heavy atom. The zero-order valence-corrected chi connectivity index (χ0v) is 35.4. The zero-order chi connectivity index (χ0) is 40.3. The molecule has 0 aliphatic rings. The van der Waals surface area contributed by atoms with Gasteiger partial charge in [0.2, 0.25) is 0 Å². The number of rotatable bonds is 19. The second-order valence-corrected chi connectivity index (χ2v) is 17.8. The first-order chi connectivity index (χ1) is 26.7. The van der Waals surface area contributed by atoms with E-state index in [0.29, 0.717) is 12.0 Å². The van der Waals surface area contributed by atoms with Gasteiger partial charge in [0.05, 0.1) is 27.7 Å². The number of nitrogens with one attached hydrogen (secondary N) is 1. The van der Waals surface area contributed by atoms with Gasteiger partial charge in [-0.15, -0.1) is 0 Å². The van der Waals surface area contributed by atoms with Crippen LogP contribution in [0.15, 0.2) is 121 Å². The molecule has 1 amide bonds. The van der Waals surface area contributed by atoms with E-state index in [2.05, 4.69) is 134 Å². The summed E-state index contributed by atoms with van der Waals surface area (Å²) in [5.41, 5.74) is 10.2. The Labute approximate surface area is 338 Å². The van der Waals surface area contributed by atoms with E-state index in [1.54, 1.807) is 0 Å². The molecule has 0 unspecified atom stereocenters. The number of anilines is 1. The number of carbonyl (C=O) groups is 2. The third kappa shape index (κ3) is 11.6. The molecule has 0 saturated heterocycles. The number of amides is 1. The minimum atomic E-state index is -0.224. The van der Waals surface area contributed by atoms with Crippen LogP contribution in [0.2, 0.25) is 0 Å². The molecule has 0 saturated carbocycles. The van der Waals surface area contributed by atoms with Gasteiger partial charge in [-0.2, -0.15) is 0 Å². The van der Waals surface area contributed by atoms with Crippen molar-refractivity contribution in [2.24, 2.45) is 0 Å². The summed E-state index contributed by atoms with van der Waals surface area (Å²) in [6, 6.07) is 41.8. The van der Waals surface area contributed by atoms with Gasteiger partial charge in [-0.3, -0.25) is 9.59 Å². The maximum Gasteiger partial charge on any atom is 0.255 e. The third-order valence-electron chi connectivity index (χ3n) is 11.7. The molecule has 0 bridgehead atoms. The van der Waals surface area contributed by atoms with Gasteiger partial charge in [0.25, 0.3) is 5.91 Å². The van der Waals surface area contributed by atoms with Crippen molar-refractivity contribution in [2.75, 3.05) is 33.0 Å². The maximum absolute atomic E-state index is 13.1. The fraction of sp³-hybridized carbons (Fsp3) is 0.385. The van der Waals surface area contributed by atoms with E-state index < -0.39 is 0 Å². The highest BCUT2D eigenvalue weighted by atomic mass is 16.1. The normalized spacial score (nSPS) is 12.1. The number of carbonyl (C=O) groups excluding carboxylic acids is 2. The van der Waals surface area contributed by atoms with E-state index in [-0.39, 0.29) is 22.5 Å². The molecule has 294 valence electrons. The van der Waals surface area contributed by atoms with Gasteiger partial charge < -0.3 is 9.80 Å². The van der Waals surface area contributed by atoms with E-state index in [9.17, 15) is 9.59 Å². The molecule has 0 aliphatic carbocycles. The van der Waals surface area contributed by atoms with Crippen molar-refractivity contribution in [3.05, 3.63) is 171 Å². The largest absolute Gasteiger partial charge is 0.331 e. The molecule has 0 heterocycles. The molecule has 56 heavy (non-hydrogen) atoms. The van der Waals surface area contributed by atoms with E-state index in [4.69, 9.17) is 0 Å². The Bertz CT molecular complexity index is 2000. The van der Waals surface area contributed by atoms with E-state index in [1.807, 2.05) is 48.5 Å². The summed E-state index contributed by atoms with van der Waals surface area (Å²) in [6.45, 7) is 12.4. The lowest BCUT2D eigenvalue weighted by molar-refractivity contribution is -0.870. The lowest BCUT2D eigenvalue weighted by atomic mass is 9.74. The van der Waals surface area contributed by atoms with Gasteiger partial charge in [0.1, 0.15) is 0 Å². The molecule has 0 aromatic heterocycles. The molecular formula is C52H65N2O2+.